The molecule has 0 bridgehead atoms. The summed E-state index contributed by atoms with van der Waals surface area (Å²) in [5.41, 5.74) is 2.56. The molecule has 8 heteroatoms. The summed E-state index contributed by atoms with van der Waals surface area (Å²) in [6.45, 7) is 0. The van der Waals surface area contributed by atoms with Crippen LogP contribution in [0.5, 0.6) is 0 Å². The second-order valence-electron chi connectivity index (χ2n) is 6.33. The molecular formula is C19H19N5O2S. The van der Waals surface area contributed by atoms with Crippen LogP contribution in [0.15, 0.2) is 71.9 Å². The van der Waals surface area contributed by atoms with Gasteiger partial charge in [-0.15, -0.1) is 0 Å². The molecule has 7 nitrogen and oxygen atoms in total. The van der Waals surface area contributed by atoms with Crippen molar-refractivity contribution in [3.05, 3.63) is 78.4 Å². The minimum atomic E-state index is -3.78. The number of sulfonamides is 1. The first-order valence-electron chi connectivity index (χ1n) is 8.43. The fraction of sp³-hybridized carbons (Fsp3) is 0.158. The maximum atomic E-state index is 12.9. The minimum absolute atomic E-state index is 0.115. The van der Waals surface area contributed by atoms with Crippen molar-refractivity contribution in [1.82, 2.24) is 24.1 Å². The highest BCUT2D eigenvalue weighted by Gasteiger charge is 2.27. The summed E-state index contributed by atoms with van der Waals surface area (Å²) in [7, 11) is -0.208. The predicted molar refractivity (Wildman–Crippen MR) is 103 cm³/mol. The Hall–Kier alpha value is -2.97. The van der Waals surface area contributed by atoms with Crippen molar-refractivity contribution in [3.8, 4) is 0 Å². The Labute approximate surface area is 157 Å². The number of benzene rings is 2. The summed E-state index contributed by atoms with van der Waals surface area (Å²) in [4.78, 5) is 4.80. The first-order chi connectivity index (χ1) is 13.0. The van der Waals surface area contributed by atoms with Crippen LogP contribution in [0.1, 0.15) is 17.4 Å². The summed E-state index contributed by atoms with van der Waals surface area (Å²) < 4.78 is 32.0. The Morgan fingerprint density at radius 3 is 2.37 bits per heavy atom. The van der Waals surface area contributed by atoms with Gasteiger partial charge in [0, 0.05) is 20.3 Å². The molecule has 0 fully saturated rings. The quantitative estimate of drug-likeness (QED) is 0.575. The Morgan fingerprint density at radius 2 is 1.70 bits per heavy atom. The molecule has 0 amide bonds. The van der Waals surface area contributed by atoms with Gasteiger partial charge in [-0.1, -0.05) is 42.5 Å². The topological polar surface area (TPSA) is 81.8 Å². The highest BCUT2D eigenvalue weighted by molar-refractivity contribution is 7.89. The number of nitrogens with zero attached hydrogens (tertiary/aromatic N) is 4. The maximum Gasteiger partial charge on any atom is 0.244 e. The molecule has 1 unspecified atom stereocenters. The molecular weight excluding hydrogens is 362 g/mol. The number of para-hydroxylation sites is 2. The first kappa shape index (κ1) is 17.4. The molecule has 0 aliphatic rings. The largest absolute Gasteiger partial charge is 0.329 e. The fourth-order valence-corrected chi connectivity index (χ4v) is 4.26. The second-order valence-corrected chi connectivity index (χ2v) is 8.05. The van der Waals surface area contributed by atoms with E-state index in [1.165, 1.54) is 17.1 Å². The normalized spacial score (nSPS) is 13.1. The lowest BCUT2D eigenvalue weighted by molar-refractivity contribution is 0.563. The third-order valence-electron chi connectivity index (χ3n) is 4.48. The highest BCUT2D eigenvalue weighted by Crippen LogP contribution is 2.26. The van der Waals surface area contributed by atoms with E-state index in [9.17, 15) is 8.42 Å². The molecule has 0 aliphatic heterocycles. The van der Waals surface area contributed by atoms with Crippen LogP contribution in [0.4, 0.5) is 0 Å². The number of hydrogen-bond donors (Lipinski definition) is 1. The van der Waals surface area contributed by atoms with Crippen molar-refractivity contribution < 1.29 is 8.42 Å². The summed E-state index contributed by atoms with van der Waals surface area (Å²) in [5.74, 6) is 0.620. The monoisotopic (exact) mass is 381 g/mol. The maximum absolute atomic E-state index is 12.9. The molecule has 27 heavy (non-hydrogen) atoms. The smallest absolute Gasteiger partial charge is 0.244 e. The average molecular weight is 381 g/mol. The average Bonchev–Trinajstić information content (AvgIpc) is 3.25. The van der Waals surface area contributed by atoms with Crippen molar-refractivity contribution >= 4 is 21.1 Å². The number of nitrogens with one attached hydrogen (secondary N) is 1. The van der Waals surface area contributed by atoms with E-state index in [0.29, 0.717) is 5.82 Å². The van der Waals surface area contributed by atoms with Crippen LogP contribution >= 0.6 is 0 Å². The van der Waals surface area contributed by atoms with Gasteiger partial charge in [0.2, 0.25) is 10.0 Å². The van der Waals surface area contributed by atoms with Crippen molar-refractivity contribution in [3.63, 3.8) is 0 Å². The zero-order valence-corrected chi connectivity index (χ0v) is 15.8. The van der Waals surface area contributed by atoms with Crippen LogP contribution in [0.3, 0.4) is 0 Å². The van der Waals surface area contributed by atoms with E-state index in [2.05, 4.69) is 14.8 Å². The van der Waals surface area contributed by atoms with Crippen LogP contribution in [0.2, 0.25) is 0 Å². The first-order valence-corrected chi connectivity index (χ1v) is 9.91. The predicted octanol–water partition coefficient (Wildman–Crippen LogP) is 2.37. The number of fused-ring (bicyclic) bond motifs is 1. The molecule has 2 aromatic carbocycles. The van der Waals surface area contributed by atoms with Crippen molar-refractivity contribution in [2.24, 2.45) is 14.1 Å². The molecule has 0 spiro atoms. The van der Waals surface area contributed by atoms with Gasteiger partial charge in [0.05, 0.1) is 17.2 Å². The van der Waals surface area contributed by atoms with Gasteiger partial charge in [-0.25, -0.2) is 13.4 Å². The van der Waals surface area contributed by atoms with Gasteiger partial charge in [-0.2, -0.15) is 9.82 Å². The van der Waals surface area contributed by atoms with E-state index in [1.807, 2.05) is 66.2 Å². The van der Waals surface area contributed by atoms with Crippen molar-refractivity contribution in [2.75, 3.05) is 0 Å². The molecule has 0 saturated carbocycles. The number of aromatic nitrogens is 4. The lowest BCUT2D eigenvalue weighted by atomic mass is 10.1. The molecule has 1 N–H and O–H groups in total. The Balaban J connectivity index is 1.84. The number of rotatable bonds is 5. The van der Waals surface area contributed by atoms with Crippen molar-refractivity contribution in [2.45, 2.75) is 10.9 Å². The van der Waals surface area contributed by atoms with Gasteiger partial charge in [0.25, 0.3) is 0 Å². The van der Waals surface area contributed by atoms with Gasteiger partial charge in [0.15, 0.2) is 0 Å². The van der Waals surface area contributed by atoms with Gasteiger partial charge >= 0.3 is 0 Å². The zero-order valence-electron chi connectivity index (χ0n) is 14.9. The van der Waals surface area contributed by atoms with Crippen molar-refractivity contribution in [1.29, 1.82) is 0 Å². The van der Waals surface area contributed by atoms with Crippen LogP contribution in [-0.4, -0.2) is 27.7 Å². The number of aryl methyl sites for hydroxylation is 2. The van der Waals surface area contributed by atoms with Gasteiger partial charge < -0.3 is 4.57 Å². The molecule has 1 atom stereocenters. The van der Waals surface area contributed by atoms with E-state index in [4.69, 9.17) is 0 Å². The minimum Gasteiger partial charge on any atom is -0.329 e. The molecule has 0 saturated heterocycles. The number of hydrogen-bond acceptors (Lipinski definition) is 4. The van der Waals surface area contributed by atoms with Crippen LogP contribution < -0.4 is 4.72 Å². The zero-order chi connectivity index (χ0) is 19.0. The molecule has 4 aromatic rings. The van der Waals surface area contributed by atoms with E-state index in [-0.39, 0.29) is 4.90 Å². The third kappa shape index (κ3) is 3.24. The molecule has 138 valence electrons. The Bertz CT molecular complexity index is 1200. The third-order valence-corrected chi connectivity index (χ3v) is 5.85. The highest BCUT2D eigenvalue weighted by atomic mass is 32.2. The SMILES string of the molecule is Cn1cc(S(=O)(=O)NC(c2ccccc2)c2nc3ccccc3n2C)cn1. The van der Waals surface area contributed by atoms with Crippen LogP contribution in [0, 0.1) is 0 Å². The van der Waals surface area contributed by atoms with E-state index >= 15 is 0 Å². The van der Waals surface area contributed by atoms with Gasteiger partial charge in [0.1, 0.15) is 16.8 Å². The molecule has 2 heterocycles. The number of imidazole rings is 1. The molecule has 2 aromatic heterocycles. The van der Waals surface area contributed by atoms with E-state index < -0.39 is 16.1 Å². The fourth-order valence-electron chi connectivity index (χ4n) is 3.10. The second kappa shape index (κ2) is 6.64. The van der Waals surface area contributed by atoms with Gasteiger partial charge in [-0.3, -0.25) is 4.68 Å². The van der Waals surface area contributed by atoms with E-state index in [1.54, 1.807) is 7.05 Å². The summed E-state index contributed by atoms with van der Waals surface area (Å²) in [6, 6.07) is 16.5. The molecule has 0 radical (unpaired) electrons. The summed E-state index contributed by atoms with van der Waals surface area (Å²) in [5, 5.41) is 3.96. The molecule has 4 rings (SSSR count). The van der Waals surface area contributed by atoms with Gasteiger partial charge in [-0.05, 0) is 17.7 Å². The summed E-state index contributed by atoms with van der Waals surface area (Å²) >= 11 is 0. The Kier molecular flexibility index (Phi) is 4.29. The van der Waals surface area contributed by atoms with Crippen LogP contribution in [0.25, 0.3) is 11.0 Å². The lowest BCUT2D eigenvalue weighted by Crippen LogP contribution is -2.31. The van der Waals surface area contributed by atoms with E-state index in [0.717, 1.165) is 16.6 Å². The standard InChI is InChI=1S/C19H19N5O2S/c1-23-13-15(12-20-23)27(25,26)22-18(14-8-4-3-5-9-14)19-21-16-10-6-7-11-17(16)24(19)2/h3-13,18,22H,1-2H3. The summed E-state index contributed by atoms with van der Waals surface area (Å²) in [6.07, 6.45) is 2.80. The Morgan fingerprint density at radius 1 is 1.00 bits per heavy atom. The molecule has 0 aliphatic carbocycles. The lowest BCUT2D eigenvalue weighted by Gasteiger charge is -2.18. The van der Waals surface area contributed by atoms with Crippen LogP contribution in [-0.2, 0) is 24.1 Å².